The van der Waals surface area contributed by atoms with Crippen molar-refractivity contribution in [2.45, 2.75) is 42.9 Å². The number of benzene rings is 1. The van der Waals surface area contributed by atoms with E-state index in [4.69, 9.17) is 5.73 Å². The molecular weight excluding hydrogens is 340 g/mol. The molecule has 1 aromatic carbocycles. The predicted molar refractivity (Wildman–Crippen MR) is 84.0 cm³/mol. The van der Waals surface area contributed by atoms with E-state index < -0.39 is 0 Å². The minimum atomic E-state index is -0.169. The normalized spacial score (nSPS) is 12.6. The largest absolute Gasteiger partial charge is 0.343 e. The topological polar surface area (TPSA) is 76.7 Å². The number of nitrogens with two attached hydrogens (primary N) is 1. The van der Waals surface area contributed by atoms with Crippen LogP contribution < -0.4 is 11.4 Å². The second kappa shape index (κ2) is 6.60. The second-order valence-electron chi connectivity index (χ2n) is 4.54. The van der Waals surface area contributed by atoms with Crippen molar-refractivity contribution in [3.05, 3.63) is 38.7 Å². The molecule has 1 atom stereocenters. The highest BCUT2D eigenvalue weighted by molar-refractivity contribution is 9.10. The number of hydrogen-bond donors (Lipinski definition) is 2. The fourth-order valence-electron chi connectivity index (χ4n) is 1.78. The van der Waals surface area contributed by atoms with E-state index >= 15 is 0 Å². The molecule has 0 saturated carbocycles. The van der Waals surface area contributed by atoms with Gasteiger partial charge in [0.2, 0.25) is 0 Å². The summed E-state index contributed by atoms with van der Waals surface area (Å²) < 4.78 is 2.60. The molecule has 0 spiro atoms. The van der Waals surface area contributed by atoms with Crippen molar-refractivity contribution in [1.29, 1.82) is 0 Å². The van der Waals surface area contributed by atoms with Gasteiger partial charge in [0.25, 0.3) is 0 Å². The third-order valence-corrected chi connectivity index (χ3v) is 4.84. The van der Waals surface area contributed by atoms with Crippen LogP contribution in [0, 0.1) is 0 Å². The third-order valence-electron chi connectivity index (χ3n) is 2.85. The van der Waals surface area contributed by atoms with E-state index in [1.54, 1.807) is 4.57 Å². The van der Waals surface area contributed by atoms with Gasteiger partial charge in [-0.3, -0.25) is 4.57 Å². The Morgan fingerprint density at radius 3 is 2.90 bits per heavy atom. The highest BCUT2D eigenvalue weighted by atomic mass is 79.9. The maximum absolute atomic E-state index is 11.7. The van der Waals surface area contributed by atoms with Gasteiger partial charge in [-0.1, -0.05) is 13.0 Å². The summed E-state index contributed by atoms with van der Waals surface area (Å²) in [6.07, 6.45) is 0.887. The van der Waals surface area contributed by atoms with E-state index in [-0.39, 0.29) is 11.7 Å². The molecule has 2 rings (SSSR count). The Balaban J connectivity index is 2.28. The van der Waals surface area contributed by atoms with Crippen molar-refractivity contribution in [3.63, 3.8) is 0 Å². The standard InChI is InChI=1S/C13H17BrN4OS/c1-3-6-18-12(19)16-17-13(18)20-11-5-4-9(8(2)15)7-10(11)14/h4-5,7-8H,3,6,15H2,1-2H3,(H,16,19)/t8-/m0/s1. The molecule has 1 aromatic heterocycles. The van der Waals surface area contributed by atoms with Gasteiger partial charge in [-0.05, 0) is 58.7 Å². The molecule has 0 aliphatic rings. The summed E-state index contributed by atoms with van der Waals surface area (Å²) >= 11 is 5.00. The monoisotopic (exact) mass is 356 g/mol. The summed E-state index contributed by atoms with van der Waals surface area (Å²) in [5.74, 6) is 0. The number of H-pyrrole nitrogens is 1. The van der Waals surface area contributed by atoms with Crippen LogP contribution >= 0.6 is 27.7 Å². The molecule has 0 aliphatic carbocycles. The van der Waals surface area contributed by atoms with Crippen LogP contribution in [0.2, 0.25) is 0 Å². The van der Waals surface area contributed by atoms with Crippen molar-refractivity contribution >= 4 is 27.7 Å². The fourth-order valence-corrected chi connectivity index (χ4v) is 3.29. The van der Waals surface area contributed by atoms with Crippen LogP contribution in [0.3, 0.4) is 0 Å². The molecule has 7 heteroatoms. The van der Waals surface area contributed by atoms with Crippen molar-refractivity contribution in [2.24, 2.45) is 5.73 Å². The van der Waals surface area contributed by atoms with Crippen LogP contribution in [0.15, 0.2) is 37.5 Å². The molecule has 0 bridgehead atoms. The van der Waals surface area contributed by atoms with Crippen molar-refractivity contribution in [1.82, 2.24) is 14.8 Å². The smallest absolute Gasteiger partial charge is 0.324 e. The molecule has 3 N–H and O–H groups in total. The van der Waals surface area contributed by atoms with Crippen LogP contribution in [-0.2, 0) is 6.54 Å². The summed E-state index contributed by atoms with van der Waals surface area (Å²) in [6.45, 7) is 4.63. The molecule has 0 amide bonds. The number of hydrogen-bond acceptors (Lipinski definition) is 4. The zero-order valence-electron chi connectivity index (χ0n) is 11.4. The Hall–Kier alpha value is -1.05. The Morgan fingerprint density at radius 1 is 1.55 bits per heavy atom. The lowest BCUT2D eigenvalue weighted by Crippen LogP contribution is -2.17. The van der Waals surface area contributed by atoms with E-state index in [0.29, 0.717) is 11.7 Å². The first-order chi connectivity index (χ1) is 9.52. The molecule has 108 valence electrons. The summed E-state index contributed by atoms with van der Waals surface area (Å²) in [5.41, 5.74) is 6.76. The fraction of sp³-hybridized carbons (Fsp3) is 0.385. The van der Waals surface area contributed by atoms with Gasteiger partial charge >= 0.3 is 5.69 Å². The van der Waals surface area contributed by atoms with Crippen molar-refractivity contribution in [2.75, 3.05) is 0 Å². The molecule has 2 aromatic rings. The van der Waals surface area contributed by atoms with E-state index in [1.165, 1.54) is 11.8 Å². The van der Waals surface area contributed by atoms with Gasteiger partial charge < -0.3 is 5.73 Å². The van der Waals surface area contributed by atoms with Crippen LogP contribution in [0.5, 0.6) is 0 Å². The summed E-state index contributed by atoms with van der Waals surface area (Å²) in [6, 6.07) is 5.98. The minimum Gasteiger partial charge on any atom is -0.324 e. The lowest BCUT2D eigenvalue weighted by Gasteiger charge is -2.09. The van der Waals surface area contributed by atoms with Gasteiger partial charge in [0.1, 0.15) is 0 Å². The van der Waals surface area contributed by atoms with Crippen LogP contribution in [0.4, 0.5) is 0 Å². The maximum Gasteiger partial charge on any atom is 0.343 e. The zero-order chi connectivity index (χ0) is 14.7. The van der Waals surface area contributed by atoms with Gasteiger partial charge in [-0.2, -0.15) is 0 Å². The lowest BCUT2D eigenvalue weighted by molar-refractivity contribution is 0.604. The molecule has 0 saturated heterocycles. The summed E-state index contributed by atoms with van der Waals surface area (Å²) in [7, 11) is 0. The number of rotatable bonds is 5. The molecule has 0 aliphatic heterocycles. The molecule has 5 nitrogen and oxygen atoms in total. The Kier molecular flexibility index (Phi) is 5.06. The van der Waals surface area contributed by atoms with Crippen molar-refractivity contribution in [3.8, 4) is 0 Å². The Labute approximate surface area is 130 Å². The second-order valence-corrected chi connectivity index (χ2v) is 6.41. The van der Waals surface area contributed by atoms with E-state index in [1.807, 2.05) is 32.0 Å². The number of aromatic amines is 1. The highest BCUT2D eigenvalue weighted by Gasteiger charge is 2.12. The van der Waals surface area contributed by atoms with Gasteiger partial charge in [-0.25, -0.2) is 9.89 Å². The lowest BCUT2D eigenvalue weighted by atomic mass is 10.1. The Bertz CT molecular complexity index is 650. The maximum atomic E-state index is 11.7. The van der Waals surface area contributed by atoms with E-state index in [2.05, 4.69) is 26.1 Å². The number of nitrogens with zero attached hydrogens (tertiary/aromatic N) is 2. The average molecular weight is 357 g/mol. The van der Waals surface area contributed by atoms with Crippen LogP contribution in [0.25, 0.3) is 0 Å². The first-order valence-electron chi connectivity index (χ1n) is 6.41. The molecule has 1 heterocycles. The first-order valence-corrected chi connectivity index (χ1v) is 8.02. The predicted octanol–water partition coefficient (Wildman–Crippen LogP) is 2.91. The zero-order valence-corrected chi connectivity index (χ0v) is 13.8. The number of halogens is 1. The average Bonchev–Trinajstić information content (AvgIpc) is 2.74. The number of nitrogens with one attached hydrogen (secondary N) is 1. The van der Waals surface area contributed by atoms with Crippen LogP contribution in [-0.4, -0.2) is 14.8 Å². The number of aromatic nitrogens is 3. The first kappa shape index (κ1) is 15.3. The summed E-state index contributed by atoms with van der Waals surface area (Å²) in [5, 5.41) is 7.24. The molecule has 20 heavy (non-hydrogen) atoms. The van der Waals surface area contributed by atoms with E-state index in [9.17, 15) is 4.79 Å². The van der Waals surface area contributed by atoms with Gasteiger partial charge in [0.15, 0.2) is 5.16 Å². The Morgan fingerprint density at radius 2 is 2.30 bits per heavy atom. The van der Waals surface area contributed by atoms with E-state index in [0.717, 1.165) is 21.4 Å². The molecular formula is C13H17BrN4OS. The van der Waals surface area contributed by atoms with Gasteiger partial charge in [-0.15, -0.1) is 5.10 Å². The van der Waals surface area contributed by atoms with Gasteiger partial charge in [0.05, 0.1) is 0 Å². The molecule has 0 unspecified atom stereocenters. The summed E-state index contributed by atoms with van der Waals surface area (Å²) in [4.78, 5) is 12.7. The molecule has 0 fully saturated rings. The van der Waals surface area contributed by atoms with Crippen LogP contribution in [0.1, 0.15) is 31.9 Å². The highest BCUT2D eigenvalue weighted by Crippen LogP contribution is 2.33. The van der Waals surface area contributed by atoms with Gasteiger partial charge in [0, 0.05) is 22.0 Å². The molecule has 0 radical (unpaired) electrons. The minimum absolute atomic E-state index is 0.00555. The SMILES string of the molecule is CCCn1c(Sc2ccc([C@H](C)N)cc2Br)n[nH]c1=O. The quantitative estimate of drug-likeness (QED) is 0.863. The van der Waals surface area contributed by atoms with Crippen molar-refractivity contribution < 1.29 is 0 Å². The third kappa shape index (κ3) is 3.34.